The minimum Gasteiger partial charge on any atom is -0.333 e. The number of carbonyl (C=O) groups excluding carboxylic acids is 2. The normalized spacial score (nSPS) is 16.4. The van der Waals surface area contributed by atoms with Gasteiger partial charge in [0.05, 0.1) is 0 Å². The summed E-state index contributed by atoms with van der Waals surface area (Å²) >= 11 is 0. The first-order chi connectivity index (χ1) is 11.8. The van der Waals surface area contributed by atoms with E-state index in [0.717, 1.165) is 25.7 Å². The minimum absolute atomic E-state index is 0.0226. The fraction of sp³-hybridized carbons (Fsp3) is 0.600. The van der Waals surface area contributed by atoms with Gasteiger partial charge in [-0.3, -0.25) is 14.8 Å². The van der Waals surface area contributed by atoms with Crippen LogP contribution in [-0.2, 0) is 16.0 Å². The first-order valence-electron chi connectivity index (χ1n) is 9.06. The van der Waals surface area contributed by atoms with Crippen LogP contribution in [0.3, 0.4) is 0 Å². The first kappa shape index (κ1) is 19.4. The standard InChI is InChI=1S/C20H30N2O3/c1-14(2)12-17(18(23)21-25)22(4)19(24)20(10-11-20)9-8-16-7-5-6-15(3)13-16/h5-7,13-14,17,25H,8-12H2,1-4H3,(H,21,23)/t17-/m1/s1. The van der Waals surface area contributed by atoms with E-state index in [2.05, 4.69) is 25.1 Å². The summed E-state index contributed by atoms with van der Waals surface area (Å²) in [5, 5.41) is 9.01. The molecule has 25 heavy (non-hydrogen) atoms. The molecule has 2 N–H and O–H groups in total. The Balaban J connectivity index is 2.05. The summed E-state index contributed by atoms with van der Waals surface area (Å²) in [6.07, 6.45) is 3.94. The van der Waals surface area contributed by atoms with Gasteiger partial charge in [0.1, 0.15) is 6.04 Å². The van der Waals surface area contributed by atoms with Crippen LogP contribution >= 0.6 is 0 Å². The van der Waals surface area contributed by atoms with Gasteiger partial charge in [0.2, 0.25) is 5.91 Å². The second-order valence-electron chi connectivity index (χ2n) is 7.81. The van der Waals surface area contributed by atoms with Crippen LogP contribution in [0.15, 0.2) is 24.3 Å². The number of hydrogen-bond acceptors (Lipinski definition) is 3. The van der Waals surface area contributed by atoms with Crippen molar-refractivity contribution in [2.75, 3.05) is 7.05 Å². The molecule has 1 aromatic carbocycles. The summed E-state index contributed by atoms with van der Waals surface area (Å²) in [7, 11) is 1.68. The number of benzene rings is 1. The first-order valence-corrected chi connectivity index (χ1v) is 9.06. The lowest BCUT2D eigenvalue weighted by molar-refractivity contribution is -0.147. The summed E-state index contributed by atoms with van der Waals surface area (Å²) in [5.41, 5.74) is 3.83. The number of hydrogen-bond donors (Lipinski definition) is 2. The summed E-state index contributed by atoms with van der Waals surface area (Å²) in [4.78, 5) is 26.6. The fourth-order valence-electron chi connectivity index (χ4n) is 3.45. The molecule has 0 unspecified atom stereocenters. The quantitative estimate of drug-likeness (QED) is 0.561. The predicted molar refractivity (Wildman–Crippen MR) is 97.1 cm³/mol. The summed E-state index contributed by atoms with van der Waals surface area (Å²) in [5.74, 6) is -0.242. The van der Waals surface area contributed by atoms with Crippen LogP contribution in [0, 0.1) is 18.3 Å². The molecule has 1 aliphatic rings. The average Bonchev–Trinajstić information content (AvgIpc) is 3.37. The summed E-state index contributed by atoms with van der Waals surface area (Å²) in [6.45, 7) is 6.07. The Labute approximate surface area is 150 Å². The topological polar surface area (TPSA) is 69.6 Å². The van der Waals surface area contributed by atoms with Crippen LogP contribution < -0.4 is 5.48 Å². The van der Waals surface area contributed by atoms with E-state index in [1.807, 2.05) is 19.9 Å². The van der Waals surface area contributed by atoms with Crippen LogP contribution in [-0.4, -0.2) is 35.0 Å². The molecule has 2 rings (SSSR count). The van der Waals surface area contributed by atoms with Crippen molar-refractivity contribution in [2.45, 2.75) is 58.9 Å². The molecule has 0 aliphatic heterocycles. The van der Waals surface area contributed by atoms with Crippen LogP contribution in [0.4, 0.5) is 0 Å². The molecule has 0 spiro atoms. The third kappa shape index (κ3) is 4.82. The monoisotopic (exact) mass is 346 g/mol. The van der Waals surface area contributed by atoms with Gasteiger partial charge in [-0.2, -0.15) is 0 Å². The molecule has 1 saturated carbocycles. The van der Waals surface area contributed by atoms with Gasteiger partial charge >= 0.3 is 0 Å². The molecule has 1 aliphatic carbocycles. The van der Waals surface area contributed by atoms with Crippen molar-refractivity contribution in [3.63, 3.8) is 0 Å². The molecule has 1 atom stereocenters. The van der Waals surface area contributed by atoms with Gasteiger partial charge in [0, 0.05) is 12.5 Å². The fourth-order valence-corrected chi connectivity index (χ4v) is 3.45. The summed E-state index contributed by atoms with van der Waals surface area (Å²) < 4.78 is 0. The molecule has 1 aromatic rings. The van der Waals surface area contributed by atoms with Gasteiger partial charge in [-0.05, 0) is 50.5 Å². The zero-order valence-corrected chi connectivity index (χ0v) is 15.7. The lowest BCUT2D eigenvalue weighted by Crippen LogP contribution is -2.50. The highest BCUT2D eigenvalue weighted by Crippen LogP contribution is 2.51. The Kier molecular flexibility index (Phi) is 6.22. The maximum Gasteiger partial charge on any atom is 0.266 e. The average molecular weight is 346 g/mol. The highest BCUT2D eigenvalue weighted by Gasteiger charge is 2.51. The summed E-state index contributed by atoms with van der Waals surface area (Å²) in [6, 6.07) is 7.74. The van der Waals surface area contributed by atoms with E-state index in [4.69, 9.17) is 5.21 Å². The zero-order valence-electron chi connectivity index (χ0n) is 15.7. The van der Waals surface area contributed by atoms with Crippen LogP contribution in [0.25, 0.3) is 0 Å². The van der Waals surface area contributed by atoms with Crippen molar-refractivity contribution in [1.29, 1.82) is 0 Å². The molecule has 0 radical (unpaired) electrons. The number of rotatable bonds is 8. The number of aryl methyl sites for hydroxylation is 2. The number of likely N-dealkylation sites (N-methyl/N-ethyl adjacent to an activating group) is 1. The van der Waals surface area contributed by atoms with Gasteiger partial charge in [-0.1, -0.05) is 43.7 Å². The second kappa shape index (κ2) is 8.00. The Morgan fingerprint density at radius 2 is 2.00 bits per heavy atom. The highest BCUT2D eigenvalue weighted by molar-refractivity contribution is 5.91. The SMILES string of the molecule is Cc1cccc(CCC2(C(=O)N(C)[C@H](CC(C)C)C(=O)NO)CC2)c1. The van der Waals surface area contributed by atoms with Crippen molar-refractivity contribution in [3.8, 4) is 0 Å². The Bertz CT molecular complexity index is 623. The maximum absolute atomic E-state index is 13.0. The highest BCUT2D eigenvalue weighted by atomic mass is 16.5. The molecule has 0 bridgehead atoms. The molecule has 5 heteroatoms. The van der Waals surface area contributed by atoms with Crippen molar-refractivity contribution in [3.05, 3.63) is 35.4 Å². The Morgan fingerprint density at radius 1 is 1.32 bits per heavy atom. The van der Waals surface area contributed by atoms with Gasteiger partial charge in [-0.15, -0.1) is 0 Å². The van der Waals surface area contributed by atoms with E-state index < -0.39 is 11.9 Å². The molecule has 5 nitrogen and oxygen atoms in total. The third-order valence-corrected chi connectivity index (χ3v) is 5.18. The molecule has 0 heterocycles. The smallest absolute Gasteiger partial charge is 0.266 e. The number of hydroxylamine groups is 1. The number of amides is 2. The zero-order chi connectivity index (χ0) is 18.6. The van der Waals surface area contributed by atoms with Crippen molar-refractivity contribution >= 4 is 11.8 Å². The van der Waals surface area contributed by atoms with Gasteiger partial charge in [0.25, 0.3) is 5.91 Å². The minimum atomic E-state index is -0.631. The maximum atomic E-state index is 13.0. The lowest BCUT2D eigenvalue weighted by Gasteiger charge is -2.31. The predicted octanol–water partition coefficient (Wildman–Crippen LogP) is 3.09. The van der Waals surface area contributed by atoms with Crippen LogP contribution in [0.2, 0.25) is 0 Å². The van der Waals surface area contributed by atoms with Gasteiger partial charge in [0.15, 0.2) is 0 Å². The molecule has 1 fully saturated rings. The lowest BCUT2D eigenvalue weighted by atomic mass is 9.93. The molecular weight excluding hydrogens is 316 g/mol. The molecule has 0 saturated heterocycles. The molecule has 2 amide bonds. The third-order valence-electron chi connectivity index (χ3n) is 5.18. The van der Waals surface area contributed by atoms with E-state index in [0.29, 0.717) is 6.42 Å². The largest absolute Gasteiger partial charge is 0.333 e. The number of nitrogens with zero attached hydrogens (tertiary/aromatic N) is 1. The Morgan fingerprint density at radius 3 is 2.52 bits per heavy atom. The van der Waals surface area contributed by atoms with E-state index in [-0.39, 0.29) is 17.2 Å². The van der Waals surface area contributed by atoms with E-state index in [1.165, 1.54) is 16.0 Å². The van der Waals surface area contributed by atoms with Crippen molar-refractivity contribution in [2.24, 2.45) is 11.3 Å². The van der Waals surface area contributed by atoms with E-state index >= 15 is 0 Å². The molecule has 138 valence electrons. The van der Waals surface area contributed by atoms with Crippen molar-refractivity contribution < 1.29 is 14.8 Å². The van der Waals surface area contributed by atoms with Crippen LogP contribution in [0.5, 0.6) is 0 Å². The molecular formula is C20H30N2O3. The van der Waals surface area contributed by atoms with Gasteiger partial charge < -0.3 is 4.90 Å². The van der Waals surface area contributed by atoms with E-state index in [1.54, 1.807) is 12.5 Å². The number of carbonyl (C=O) groups is 2. The Hall–Kier alpha value is -1.88. The second-order valence-corrected chi connectivity index (χ2v) is 7.81. The van der Waals surface area contributed by atoms with E-state index in [9.17, 15) is 9.59 Å². The van der Waals surface area contributed by atoms with Crippen LogP contribution in [0.1, 0.15) is 50.7 Å². The van der Waals surface area contributed by atoms with Gasteiger partial charge in [-0.25, -0.2) is 5.48 Å². The number of nitrogens with one attached hydrogen (secondary N) is 1. The molecule has 0 aromatic heterocycles. The van der Waals surface area contributed by atoms with Crippen molar-refractivity contribution in [1.82, 2.24) is 10.4 Å².